The molecule has 3 aromatic rings. The zero-order valence-corrected chi connectivity index (χ0v) is 22.3. The van der Waals surface area contributed by atoms with Crippen LogP contribution in [0.3, 0.4) is 0 Å². The van der Waals surface area contributed by atoms with Crippen LogP contribution in [0.4, 0.5) is 0 Å². The van der Waals surface area contributed by atoms with E-state index in [-0.39, 0.29) is 25.0 Å². The zero-order chi connectivity index (χ0) is 26.6. The minimum absolute atomic E-state index is 0.165. The first-order valence-electron chi connectivity index (χ1n) is 12.9. The van der Waals surface area contributed by atoms with E-state index in [0.29, 0.717) is 24.5 Å². The van der Waals surface area contributed by atoms with Crippen LogP contribution in [0.1, 0.15) is 42.0 Å². The summed E-state index contributed by atoms with van der Waals surface area (Å²) in [5.74, 6) is 0.945. The summed E-state index contributed by atoms with van der Waals surface area (Å²) in [6.45, 7) is 6.72. The quantitative estimate of drug-likeness (QED) is 0.324. The van der Waals surface area contributed by atoms with E-state index in [0.717, 1.165) is 35.1 Å². The molecule has 0 aliphatic heterocycles. The third-order valence-corrected chi connectivity index (χ3v) is 6.49. The highest BCUT2D eigenvalue weighted by atomic mass is 16.5. The first-order chi connectivity index (χ1) is 17.9. The Morgan fingerprint density at radius 3 is 2.41 bits per heavy atom. The molecule has 0 aliphatic rings. The van der Waals surface area contributed by atoms with Gasteiger partial charge in [-0.15, -0.1) is 0 Å². The summed E-state index contributed by atoms with van der Waals surface area (Å²) in [7, 11) is 1.61. The van der Waals surface area contributed by atoms with Crippen molar-refractivity contribution in [1.82, 2.24) is 10.2 Å². The smallest absolute Gasteiger partial charge is 0.261 e. The molecular weight excluding hydrogens is 464 g/mol. The largest absolute Gasteiger partial charge is 0.497 e. The molecule has 3 rings (SSSR count). The van der Waals surface area contributed by atoms with Crippen molar-refractivity contribution in [3.63, 3.8) is 0 Å². The van der Waals surface area contributed by atoms with Crippen LogP contribution in [-0.4, -0.2) is 43.0 Å². The number of carbonyl (C=O) groups excluding carboxylic acids is 2. The number of hydrogen-bond acceptors (Lipinski definition) is 4. The van der Waals surface area contributed by atoms with Crippen molar-refractivity contribution in [3.05, 3.63) is 95.1 Å². The molecule has 6 nitrogen and oxygen atoms in total. The second kappa shape index (κ2) is 14.1. The number of unbranched alkanes of at least 4 members (excludes halogenated alkanes) is 1. The van der Waals surface area contributed by atoms with E-state index < -0.39 is 6.04 Å². The predicted molar refractivity (Wildman–Crippen MR) is 147 cm³/mol. The lowest BCUT2D eigenvalue weighted by Crippen LogP contribution is -2.51. The molecule has 0 spiro atoms. The van der Waals surface area contributed by atoms with Gasteiger partial charge in [0.25, 0.3) is 5.91 Å². The number of hydrogen-bond donors (Lipinski definition) is 1. The van der Waals surface area contributed by atoms with Crippen molar-refractivity contribution >= 4 is 11.8 Å². The van der Waals surface area contributed by atoms with E-state index in [1.807, 2.05) is 86.6 Å². The minimum atomic E-state index is -0.694. The average molecular weight is 503 g/mol. The van der Waals surface area contributed by atoms with Gasteiger partial charge >= 0.3 is 0 Å². The molecule has 6 heteroatoms. The van der Waals surface area contributed by atoms with Crippen molar-refractivity contribution in [2.24, 2.45) is 0 Å². The fourth-order valence-corrected chi connectivity index (χ4v) is 4.13. The van der Waals surface area contributed by atoms with Crippen LogP contribution >= 0.6 is 0 Å². The highest BCUT2D eigenvalue weighted by molar-refractivity contribution is 5.88. The van der Waals surface area contributed by atoms with E-state index in [9.17, 15) is 9.59 Å². The molecule has 1 N–H and O–H groups in total. The van der Waals surface area contributed by atoms with Gasteiger partial charge in [0.2, 0.25) is 5.91 Å². The Morgan fingerprint density at radius 1 is 0.946 bits per heavy atom. The standard InChI is InChI=1S/C31H38N2O4/c1-5-6-18-32-31(35)28(20-25-13-8-7-9-14-25)33(21-26-15-11-16-27(19-26)36-4)30(34)22-37-29-17-10-12-23(2)24(29)3/h7-17,19,28H,5-6,18,20-22H2,1-4H3,(H,32,35)/t28-/m1/s1. The van der Waals surface area contributed by atoms with E-state index in [2.05, 4.69) is 12.2 Å². The van der Waals surface area contributed by atoms with Gasteiger partial charge < -0.3 is 19.7 Å². The third kappa shape index (κ3) is 8.10. The van der Waals surface area contributed by atoms with Crippen LogP contribution in [0.2, 0.25) is 0 Å². The van der Waals surface area contributed by atoms with Gasteiger partial charge in [-0.1, -0.05) is 67.9 Å². The number of carbonyl (C=O) groups is 2. The summed E-state index contributed by atoms with van der Waals surface area (Å²) in [6, 6.07) is 22.4. The molecule has 37 heavy (non-hydrogen) atoms. The Labute approximate surface area is 220 Å². The molecule has 3 aromatic carbocycles. The van der Waals surface area contributed by atoms with Gasteiger partial charge in [0.1, 0.15) is 17.5 Å². The fraction of sp³-hybridized carbons (Fsp3) is 0.355. The first kappa shape index (κ1) is 27.8. The molecule has 1 atom stereocenters. The first-order valence-corrected chi connectivity index (χ1v) is 12.9. The summed E-state index contributed by atoms with van der Waals surface area (Å²) < 4.78 is 11.4. The lowest BCUT2D eigenvalue weighted by molar-refractivity contribution is -0.142. The van der Waals surface area contributed by atoms with Crippen molar-refractivity contribution < 1.29 is 19.1 Å². The van der Waals surface area contributed by atoms with Gasteiger partial charge in [-0.3, -0.25) is 9.59 Å². The highest BCUT2D eigenvalue weighted by Crippen LogP contribution is 2.22. The summed E-state index contributed by atoms with van der Waals surface area (Å²) in [4.78, 5) is 28.8. The maximum Gasteiger partial charge on any atom is 0.261 e. The van der Waals surface area contributed by atoms with Gasteiger partial charge in [-0.25, -0.2) is 0 Å². The lowest BCUT2D eigenvalue weighted by Gasteiger charge is -2.31. The molecule has 0 aromatic heterocycles. The summed E-state index contributed by atoms with van der Waals surface area (Å²) in [5, 5.41) is 3.04. The Balaban J connectivity index is 1.92. The molecule has 0 saturated carbocycles. The fourth-order valence-electron chi connectivity index (χ4n) is 4.13. The number of nitrogens with one attached hydrogen (secondary N) is 1. The number of rotatable bonds is 13. The second-order valence-electron chi connectivity index (χ2n) is 9.21. The lowest BCUT2D eigenvalue weighted by atomic mass is 10.0. The molecular formula is C31H38N2O4. The molecule has 0 bridgehead atoms. The van der Waals surface area contributed by atoms with Crippen molar-refractivity contribution in [2.75, 3.05) is 20.3 Å². The Hall–Kier alpha value is -3.80. The molecule has 0 radical (unpaired) electrons. The third-order valence-electron chi connectivity index (χ3n) is 6.49. The van der Waals surface area contributed by atoms with Gasteiger partial charge in [0, 0.05) is 19.5 Å². The summed E-state index contributed by atoms with van der Waals surface area (Å²) >= 11 is 0. The van der Waals surface area contributed by atoms with E-state index >= 15 is 0 Å². The maximum atomic E-state index is 13.7. The Kier molecular flexibility index (Phi) is 10.6. The topological polar surface area (TPSA) is 67.9 Å². The average Bonchev–Trinajstić information content (AvgIpc) is 2.92. The number of nitrogens with zero attached hydrogens (tertiary/aromatic N) is 1. The molecule has 196 valence electrons. The SMILES string of the molecule is CCCCNC(=O)[C@@H](Cc1ccccc1)N(Cc1cccc(OC)c1)C(=O)COc1cccc(C)c1C. The van der Waals surface area contributed by atoms with Crippen LogP contribution < -0.4 is 14.8 Å². The molecule has 0 saturated heterocycles. The summed E-state index contributed by atoms with van der Waals surface area (Å²) in [5.41, 5.74) is 3.94. The molecule has 0 heterocycles. The van der Waals surface area contributed by atoms with Gasteiger partial charge in [0.05, 0.1) is 7.11 Å². The van der Waals surface area contributed by atoms with Crippen LogP contribution in [0, 0.1) is 13.8 Å². The monoisotopic (exact) mass is 502 g/mol. The van der Waals surface area contributed by atoms with E-state index in [4.69, 9.17) is 9.47 Å². The van der Waals surface area contributed by atoms with Gasteiger partial charge in [-0.2, -0.15) is 0 Å². The zero-order valence-electron chi connectivity index (χ0n) is 22.3. The molecule has 0 aliphatic carbocycles. The minimum Gasteiger partial charge on any atom is -0.497 e. The van der Waals surface area contributed by atoms with Crippen molar-refractivity contribution in [3.8, 4) is 11.5 Å². The number of ether oxygens (including phenoxy) is 2. The number of benzene rings is 3. The van der Waals surface area contributed by atoms with Crippen molar-refractivity contribution in [2.45, 2.75) is 52.6 Å². The Bertz CT molecular complexity index is 1160. The maximum absolute atomic E-state index is 13.7. The number of aryl methyl sites for hydroxylation is 1. The van der Waals surface area contributed by atoms with Crippen LogP contribution in [0.5, 0.6) is 11.5 Å². The van der Waals surface area contributed by atoms with Gasteiger partial charge in [-0.05, 0) is 60.7 Å². The predicted octanol–water partition coefficient (Wildman–Crippen LogP) is 5.25. The summed E-state index contributed by atoms with van der Waals surface area (Å²) in [6.07, 6.45) is 2.25. The Morgan fingerprint density at radius 2 is 1.68 bits per heavy atom. The van der Waals surface area contributed by atoms with E-state index in [1.165, 1.54) is 0 Å². The molecule has 0 fully saturated rings. The normalized spacial score (nSPS) is 11.5. The second-order valence-corrected chi connectivity index (χ2v) is 9.21. The number of amides is 2. The molecule has 0 unspecified atom stereocenters. The van der Waals surface area contributed by atoms with Crippen molar-refractivity contribution in [1.29, 1.82) is 0 Å². The van der Waals surface area contributed by atoms with Crippen LogP contribution in [0.15, 0.2) is 72.8 Å². The number of methoxy groups -OCH3 is 1. The van der Waals surface area contributed by atoms with Crippen LogP contribution in [0.25, 0.3) is 0 Å². The molecule has 2 amide bonds. The highest BCUT2D eigenvalue weighted by Gasteiger charge is 2.30. The van der Waals surface area contributed by atoms with Crippen LogP contribution in [-0.2, 0) is 22.6 Å². The van der Waals surface area contributed by atoms with E-state index in [1.54, 1.807) is 12.0 Å². The van der Waals surface area contributed by atoms with Gasteiger partial charge in [0.15, 0.2) is 6.61 Å².